The fourth-order valence-electron chi connectivity index (χ4n) is 3.10. The molecule has 0 saturated heterocycles. The summed E-state index contributed by atoms with van der Waals surface area (Å²) in [5, 5.41) is 0. The third-order valence-corrected chi connectivity index (χ3v) is 6.16. The summed E-state index contributed by atoms with van der Waals surface area (Å²) in [6.07, 6.45) is 1.99. The summed E-state index contributed by atoms with van der Waals surface area (Å²) in [5.41, 5.74) is -1.36. The van der Waals surface area contributed by atoms with Crippen molar-refractivity contribution in [2.75, 3.05) is 0 Å². The lowest BCUT2D eigenvalue weighted by atomic mass is 10.1. The van der Waals surface area contributed by atoms with E-state index in [9.17, 15) is 14.4 Å². The molecule has 27 heavy (non-hydrogen) atoms. The maximum Gasteiger partial charge on any atom is 0.330 e. The van der Waals surface area contributed by atoms with Crippen LogP contribution in [0.3, 0.4) is 0 Å². The number of fused-ring (bicyclic) bond motifs is 1. The maximum atomic E-state index is 12.3. The first kappa shape index (κ1) is 19.9. The average molecular weight is 417 g/mol. The first-order chi connectivity index (χ1) is 12.7. The molecule has 0 bridgehead atoms. The van der Waals surface area contributed by atoms with Crippen molar-refractivity contribution in [2.45, 2.75) is 64.1 Å². The summed E-state index contributed by atoms with van der Waals surface area (Å²) < 4.78 is 7.34. The molecule has 148 valence electrons. The minimum atomic E-state index is -1.12. The van der Waals surface area contributed by atoms with Crippen molar-refractivity contribution in [3.8, 4) is 0 Å². The predicted molar refractivity (Wildman–Crippen MR) is 102 cm³/mol. The summed E-state index contributed by atoms with van der Waals surface area (Å²) in [7, 11) is 0. The van der Waals surface area contributed by atoms with Crippen LogP contribution in [0.1, 0.15) is 45.9 Å². The van der Waals surface area contributed by atoms with Crippen LogP contribution in [-0.4, -0.2) is 29.4 Å². The van der Waals surface area contributed by atoms with E-state index in [2.05, 4.69) is 9.97 Å². The first-order valence-electron chi connectivity index (χ1n) is 8.93. The number of carbonyl (C=O) groups is 1. The number of aromatic amines is 1. The van der Waals surface area contributed by atoms with Gasteiger partial charge in [0, 0.05) is 19.5 Å². The number of esters is 1. The molecule has 10 heteroatoms. The molecule has 2 heterocycles. The zero-order chi connectivity index (χ0) is 20.0. The van der Waals surface area contributed by atoms with E-state index in [1.165, 1.54) is 4.57 Å². The second kappa shape index (κ2) is 6.98. The fourth-order valence-corrected chi connectivity index (χ4v) is 3.79. The van der Waals surface area contributed by atoms with Crippen molar-refractivity contribution in [1.29, 1.82) is 0 Å². The number of ether oxygens (including phenoxy) is 1. The molecule has 0 aliphatic heterocycles. The maximum absolute atomic E-state index is 12.3. The van der Waals surface area contributed by atoms with Crippen LogP contribution in [0.25, 0.3) is 11.2 Å². The van der Waals surface area contributed by atoms with E-state index in [1.54, 1.807) is 11.5 Å². The van der Waals surface area contributed by atoms with E-state index in [0.717, 1.165) is 12.8 Å². The number of aryl methyl sites for hydroxylation is 2. The van der Waals surface area contributed by atoms with E-state index in [4.69, 9.17) is 27.9 Å². The Balaban J connectivity index is 1.96. The minimum absolute atomic E-state index is 0.137. The normalized spacial score (nSPS) is 20.8. The molecule has 1 fully saturated rings. The van der Waals surface area contributed by atoms with Gasteiger partial charge in [-0.25, -0.2) is 9.78 Å². The van der Waals surface area contributed by atoms with Gasteiger partial charge in [-0.05, 0) is 20.3 Å². The molecule has 1 saturated carbocycles. The SMILES string of the molecule is CCCCn1c(=O)[nH]c(=O)c2c1nc(COC(=O)[C@]1(C)CC1(Cl)Cl)n2CC. The number of rotatable bonds is 7. The highest BCUT2D eigenvalue weighted by Gasteiger charge is 2.69. The fraction of sp³-hybridized carbons (Fsp3) is 0.647. The van der Waals surface area contributed by atoms with Gasteiger partial charge in [-0.1, -0.05) is 13.3 Å². The minimum Gasteiger partial charge on any atom is -0.457 e. The lowest BCUT2D eigenvalue weighted by Gasteiger charge is -2.12. The second-order valence-corrected chi connectivity index (χ2v) is 8.48. The number of nitrogens with zero attached hydrogens (tertiary/aromatic N) is 3. The number of halogens is 2. The van der Waals surface area contributed by atoms with Crippen molar-refractivity contribution < 1.29 is 9.53 Å². The molecule has 0 aromatic carbocycles. The Kier molecular flexibility index (Phi) is 5.16. The monoisotopic (exact) mass is 416 g/mol. The molecular weight excluding hydrogens is 395 g/mol. The largest absolute Gasteiger partial charge is 0.457 e. The zero-order valence-corrected chi connectivity index (χ0v) is 17.0. The summed E-state index contributed by atoms with van der Waals surface area (Å²) in [5.74, 6) is -0.124. The Labute approximate surface area is 165 Å². The van der Waals surface area contributed by atoms with E-state index in [1.807, 2.05) is 13.8 Å². The summed E-state index contributed by atoms with van der Waals surface area (Å²) >= 11 is 12.0. The molecule has 1 aliphatic carbocycles. The number of hydrogen-bond acceptors (Lipinski definition) is 5. The average Bonchev–Trinajstić information content (AvgIpc) is 2.96. The van der Waals surface area contributed by atoms with Gasteiger partial charge in [0.15, 0.2) is 11.2 Å². The van der Waals surface area contributed by atoms with Crippen LogP contribution >= 0.6 is 23.2 Å². The van der Waals surface area contributed by atoms with E-state index < -0.39 is 27.0 Å². The van der Waals surface area contributed by atoms with Gasteiger partial charge in [-0.2, -0.15) is 0 Å². The van der Waals surface area contributed by atoms with Crippen LogP contribution < -0.4 is 11.2 Å². The van der Waals surface area contributed by atoms with Crippen LogP contribution in [0, 0.1) is 5.41 Å². The Bertz CT molecular complexity index is 1010. The smallest absolute Gasteiger partial charge is 0.330 e. The highest BCUT2D eigenvalue weighted by atomic mass is 35.5. The lowest BCUT2D eigenvalue weighted by Crippen LogP contribution is -2.31. The Morgan fingerprint density at radius 1 is 1.30 bits per heavy atom. The van der Waals surface area contributed by atoms with Crippen LogP contribution in [0.5, 0.6) is 0 Å². The van der Waals surface area contributed by atoms with Crippen molar-refractivity contribution in [1.82, 2.24) is 19.1 Å². The molecular formula is C17H22Cl2N4O4. The first-order valence-corrected chi connectivity index (χ1v) is 9.69. The second-order valence-electron chi connectivity index (χ2n) is 7.00. The van der Waals surface area contributed by atoms with E-state index >= 15 is 0 Å². The van der Waals surface area contributed by atoms with Crippen LogP contribution in [-0.2, 0) is 29.2 Å². The van der Waals surface area contributed by atoms with Crippen molar-refractivity contribution in [3.63, 3.8) is 0 Å². The number of nitrogens with one attached hydrogen (secondary N) is 1. The Morgan fingerprint density at radius 2 is 1.96 bits per heavy atom. The number of carbonyl (C=O) groups excluding carboxylic acids is 1. The molecule has 3 rings (SSSR count). The third-order valence-electron chi connectivity index (χ3n) is 5.06. The van der Waals surface area contributed by atoms with Gasteiger partial charge in [0.25, 0.3) is 5.56 Å². The highest BCUT2D eigenvalue weighted by Crippen LogP contribution is 2.64. The Morgan fingerprint density at radius 3 is 2.52 bits per heavy atom. The van der Waals surface area contributed by atoms with E-state index in [-0.39, 0.29) is 6.61 Å². The number of aromatic nitrogens is 4. The van der Waals surface area contributed by atoms with Gasteiger partial charge in [0.1, 0.15) is 22.2 Å². The number of imidazole rings is 1. The van der Waals surface area contributed by atoms with Gasteiger partial charge >= 0.3 is 11.7 Å². The number of unbranched alkanes of at least 4 members (excludes halogenated alkanes) is 1. The zero-order valence-electron chi connectivity index (χ0n) is 15.5. The molecule has 8 nitrogen and oxygen atoms in total. The third kappa shape index (κ3) is 3.29. The summed E-state index contributed by atoms with van der Waals surface area (Å²) in [6.45, 7) is 6.24. The summed E-state index contributed by atoms with van der Waals surface area (Å²) in [6, 6.07) is 0. The molecule has 0 spiro atoms. The van der Waals surface area contributed by atoms with Crippen molar-refractivity contribution in [2.24, 2.45) is 5.41 Å². The molecule has 1 aliphatic rings. The molecule has 2 aromatic heterocycles. The highest BCUT2D eigenvalue weighted by molar-refractivity contribution is 6.53. The van der Waals surface area contributed by atoms with Crippen LogP contribution in [0.15, 0.2) is 9.59 Å². The molecule has 1 N–H and O–H groups in total. The number of alkyl halides is 2. The lowest BCUT2D eigenvalue weighted by molar-refractivity contribution is -0.151. The predicted octanol–water partition coefficient (Wildman–Crippen LogP) is 2.33. The van der Waals surface area contributed by atoms with Gasteiger partial charge in [0.05, 0.1) is 0 Å². The molecule has 2 aromatic rings. The number of hydrogen-bond donors (Lipinski definition) is 1. The van der Waals surface area contributed by atoms with Gasteiger partial charge in [0.2, 0.25) is 0 Å². The number of H-pyrrole nitrogens is 1. The molecule has 0 unspecified atom stereocenters. The molecule has 1 atom stereocenters. The van der Waals surface area contributed by atoms with Crippen molar-refractivity contribution in [3.05, 3.63) is 26.7 Å². The quantitative estimate of drug-likeness (QED) is 0.551. The standard InChI is InChI=1S/C17H22Cl2N4O4/c1-4-6-7-23-12-11(13(24)21-15(23)26)22(5-2)10(20-12)8-27-14(25)16(3)9-17(16,18)19/h4-9H2,1-3H3,(H,21,24,26)/t16-/m0/s1. The van der Waals surface area contributed by atoms with Gasteiger partial charge in [-0.3, -0.25) is 19.1 Å². The van der Waals surface area contributed by atoms with Gasteiger partial charge < -0.3 is 9.30 Å². The molecule has 0 radical (unpaired) electrons. The topological polar surface area (TPSA) is 99.0 Å². The summed E-state index contributed by atoms with van der Waals surface area (Å²) in [4.78, 5) is 43.6. The van der Waals surface area contributed by atoms with Gasteiger partial charge in [-0.15, -0.1) is 23.2 Å². The van der Waals surface area contributed by atoms with Crippen LogP contribution in [0.2, 0.25) is 0 Å². The van der Waals surface area contributed by atoms with E-state index in [0.29, 0.717) is 36.5 Å². The van der Waals surface area contributed by atoms with Crippen molar-refractivity contribution >= 4 is 40.3 Å². The molecule has 0 amide bonds. The van der Waals surface area contributed by atoms with Crippen LogP contribution in [0.4, 0.5) is 0 Å². The Hall–Kier alpha value is -1.80.